The van der Waals surface area contributed by atoms with E-state index >= 15 is 0 Å². The number of fused-ring (bicyclic) bond motifs is 2. The summed E-state index contributed by atoms with van der Waals surface area (Å²) in [5.74, 6) is -0.179. The van der Waals surface area contributed by atoms with Crippen LogP contribution in [0.25, 0.3) is 0 Å². The molecule has 3 aromatic rings. The Balaban J connectivity index is 1.52. The molecule has 2 aliphatic rings. The number of nitrogens with zero attached hydrogens (tertiary/aromatic N) is 2. The molecular formula is C25H30N4O3S2. The number of nitrogens with one attached hydrogen (secondary N) is 2. The molecule has 1 amide bonds. The molecular weight excluding hydrogens is 468 g/mol. The molecule has 0 saturated heterocycles. The molecule has 4 N–H and O–H groups in total. The van der Waals surface area contributed by atoms with Crippen molar-refractivity contribution in [1.29, 1.82) is 0 Å². The Morgan fingerprint density at radius 3 is 2.74 bits per heavy atom. The molecule has 1 saturated carbocycles. The van der Waals surface area contributed by atoms with Crippen molar-refractivity contribution < 1.29 is 15.0 Å². The van der Waals surface area contributed by atoms with Gasteiger partial charge in [-0.25, -0.2) is 9.97 Å². The zero-order valence-corrected chi connectivity index (χ0v) is 21.0. The number of thiazole rings is 2. The van der Waals surface area contributed by atoms with E-state index < -0.39 is 11.5 Å². The van der Waals surface area contributed by atoms with Gasteiger partial charge in [0.15, 0.2) is 10.3 Å². The van der Waals surface area contributed by atoms with Crippen LogP contribution in [-0.2, 0) is 11.2 Å². The number of anilines is 3. The number of para-hydroxylation sites is 1. The van der Waals surface area contributed by atoms with Gasteiger partial charge in [0.2, 0.25) is 5.91 Å². The lowest BCUT2D eigenvalue weighted by molar-refractivity contribution is -0.143. The molecule has 0 bridgehead atoms. The van der Waals surface area contributed by atoms with E-state index in [0.717, 1.165) is 34.2 Å². The van der Waals surface area contributed by atoms with Gasteiger partial charge in [-0.2, -0.15) is 0 Å². The van der Waals surface area contributed by atoms with Crippen LogP contribution < -0.4 is 10.6 Å². The summed E-state index contributed by atoms with van der Waals surface area (Å²) < 4.78 is 0. The monoisotopic (exact) mass is 498 g/mol. The lowest BCUT2D eigenvalue weighted by Gasteiger charge is -2.58. The zero-order valence-electron chi connectivity index (χ0n) is 19.3. The van der Waals surface area contributed by atoms with E-state index in [4.69, 9.17) is 4.98 Å². The third kappa shape index (κ3) is 4.04. The van der Waals surface area contributed by atoms with Crippen molar-refractivity contribution in [2.75, 3.05) is 17.2 Å². The van der Waals surface area contributed by atoms with Crippen LogP contribution in [-0.4, -0.2) is 38.8 Å². The molecule has 2 heterocycles. The summed E-state index contributed by atoms with van der Waals surface area (Å²) in [6.07, 6.45) is 3.50. The summed E-state index contributed by atoms with van der Waals surface area (Å²) in [7, 11) is 0. The molecule has 0 spiro atoms. The Labute approximate surface area is 207 Å². The highest BCUT2D eigenvalue weighted by atomic mass is 32.1. The maximum atomic E-state index is 13.1. The number of aromatic nitrogens is 2. The van der Waals surface area contributed by atoms with E-state index in [-0.39, 0.29) is 36.2 Å². The first-order valence-electron chi connectivity index (χ1n) is 11.6. The second kappa shape index (κ2) is 9.03. The van der Waals surface area contributed by atoms with Gasteiger partial charge in [0.1, 0.15) is 0 Å². The number of amides is 1. The first-order valence-corrected chi connectivity index (χ1v) is 13.3. The Kier molecular flexibility index (Phi) is 6.22. The number of carbonyl (C=O) groups excluding carboxylic acids is 1. The molecule has 1 fully saturated rings. The van der Waals surface area contributed by atoms with Gasteiger partial charge >= 0.3 is 0 Å². The fourth-order valence-electron chi connectivity index (χ4n) is 5.99. The van der Waals surface area contributed by atoms with Crippen LogP contribution in [0.2, 0.25) is 0 Å². The summed E-state index contributed by atoms with van der Waals surface area (Å²) in [5.41, 5.74) is 1.02. The van der Waals surface area contributed by atoms with E-state index in [1.165, 1.54) is 11.3 Å². The molecule has 1 aromatic carbocycles. The van der Waals surface area contributed by atoms with Gasteiger partial charge in [-0.3, -0.25) is 4.79 Å². The van der Waals surface area contributed by atoms with Gasteiger partial charge in [-0.15, -0.1) is 22.7 Å². The molecule has 2 aromatic heterocycles. The average Bonchev–Trinajstić information content (AvgIpc) is 3.48. The molecule has 5 rings (SSSR count). The average molecular weight is 499 g/mol. The van der Waals surface area contributed by atoms with Crippen molar-refractivity contribution in [3.63, 3.8) is 0 Å². The van der Waals surface area contributed by atoms with E-state index in [2.05, 4.69) is 22.5 Å². The molecule has 2 aliphatic carbocycles. The predicted molar refractivity (Wildman–Crippen MR) is 136 cm³/mol. The Morgan fingerprint density at radius 1 is 1.24 bits per heavy atom. The summed E-state index contributed by atoms with van der Waals surface area (Å²) in [5, 5.41) is 30.9. The Morgan fingerprint density at radius 2 is 2.03 bits per heavy atom. The molecule has 5 atom stereocenters. The molecule has 0 radical (unpaired) electrons. The van der Waals surface area contributed by atoms with Gasteiger partial charge in [-0.05, 0) is 42.7 Å². The van der Waals surface area contributed by atoms with E-state index in [1.807, 2.05) is 42.6 Å². The first kappa shape index (κ1) is 23.4. The number of aliphatic hydroxyl groups is 2. The summed E-state index contributed by atoms with van der Waals surface area (Å²) in [4.78, 5) is 23.4. The number of rotatable bonds is 6. The number of benzene rings is 1. The van der Waals surface area contributed by atoms with Gasteiger partial charge in [0.05, 0.1) is 18.4 Å². The van der Waals surface area contributed by atoms with Crippen LogP contribution in [0.4, 0.5) is 16.0 Å². The maximum absolute atomic E-state index is 13.1. The highest BCUT2D eigenvalue weighted by Crippen LogP contribution is 2.62. The van der Waals surface area contributed by atoms with Crippen LogP contribution in [0.3, 0.4) is 0 Å². The van der Waals surface area contributed by atoms with Crippen molar-refractivity contribution in [2.45, 2.75) is 51.6 Å². The van der Waals surface area contributed by atoms with Gasteiger partial charge in [0, 0.05) is 39.9 Å². The van der Waals surface area contributed by atoms with Gasteiger partial charge < -0.3 is 20.8 Å². The molecule has 7 nitrogen and oxygen atoms in total. The van der Waals surface area contributed by atoms with Crippen LogP contribution in [0.5, 0.6) is 0 Å². The van der Waals surface area contributed by atoms with Crippen LogP contribution in [0.15, 0.2) is 41.9 Å². The van der Waals surface area contributed by atoms with Gasteiger partial charge in [-0.1, -0.05) is 32.0 Å². The fraction of sp³-hybridized carbons (Fsp3) is 0.480. The minimum Gasteiger partial charge on any atom is -0.396 e. The lowest BCUT2D eigenvalue weighted by atomic mass is 9.47. The topological polar surface area (TPSA) is 107 Å². The van der Waals surface area contributed by atoms with Crippen LogP contribution >= 0.6 is 22.7 Å². The Hall–Kier alpha value is -2.33. The normalized spacial score (nSPS) is 30.3. The minimum atomic E-state index is -0.633. The fourth-order valence-corrected chi connectivity index (χ4v) is 7.62. The highest BCUT2D eigenvalue weighted by Gasteiger charge is 2.59. The SMILES string of the molecule is CC1(CO)C(O)CCC2(C)C(CC(=O)Nc3nccs3)c3nc(Nc4ccccc4)sc3CC12. The van der Waals surface area contributed by atoms with Crippen molar-refractivity contribution in [2.24, 2.45) is 16.7 Å². The van der Waals surface area contributed by atoms with Crippen molar-refractivity contribution in [3.8, 4) is 0 Å². The van der Waals surface area contributed by atoms with E-state index in [0.29, 0.717) is 11.6 Å². The standard InChI is InChI=1S/C25H30N4O3S2/c1-24-9-8-19(31)25(2,14-30)18(24)13-17-21(16(24)12-20(32)28-22-26-10-11-33-22)29-23(34-17)27-15-6-4-3-5-7-15/h3-7,10-11,16,18-19,30-31H,8-9,12-14H2,1-2H3,(H,27,29)(H,26,28,32). The van der Waals surface area contributed by atoms with Crippen molar-refractivity contribution in [1.82, 2.24) is 9.97 Å². The summed E-state index contributed by atoms with van der Waals surface area (Å²) in [6, 6.07) is 9.93. The van der Waals surface area contributed by atoms with Crippen LogP contribution in [0.1, 0.15) is 49.6 Å². The zero-order chi connectivity index (χ0) is 23.9. The molecule has 9 heteroatoms. The number of aliphatic hydroxyl groups excluding tert-OH is 2. The molecule has 34 heavy (non-hydrogen) atoms. The van der Waals surface area contributed by atoms with Crippen molar-refractivity contribution in [3.05, 3.63) is 52.5 Å². The largest absolute Gasteiger partial charge is 0.396 e. The lowest BCUT2D eigenvalue weighted by Crippen LogP contribution is -2.57. The molecule has 180 valence electrons. The Bertz CT molecular complexity index is 1150. The first-order chi connectivity index (χ1) is 16.3. The van der Waals surface area contributed by atoms with Crippen LogP contribution in [0, 0.1) is 16.7 Å². The summed E-state index contributed by atoms with van der Waals surface area (Å²) in [6.45, 7) is 4.11. The third-order valence-corrected chi connectivity index (χ3v) is 9.68. The molecule has 0 aliphatic heterocycles. The van der Waals surface area contributed by atoms with E-state index in [1.54, 1.807) is 17.5 Å². The second-order valence-corrected chi connectivity index (χ2v) is 11.9. The van der Waals surface area contributed by atoms with Crippen molar-refractivity contribution >= 4 is 44.5 Å². The highest BCUT2D eigenvalue weighted by molar-refractivity contribution is 7.15. The smallest absolute Gasteiger partial charge is 0.226 e. The second-order valence-electron chi connectivity index (χ2n) is 9.94. The van der Waals surface area contributed by atoms with E-state index in [9.17, 15) is 15.0 Å². The maximum Gasteiger partial charge on any atom is 0.226 e. The predicted octanol–water partition coefficient (Wildman–Crippen LogP) is 4.79. The van der Waals surface area contributed by atoms with Gasteiger partial charge in [0.25, 0.3) is 0 Å². The number of hydrogen-bond acceptors (Lipinski definition) is 8. The number of hydrogen-bond donors (Lipinski definition) is 4. The summed E-state index contributed by atoms with van der Waals surface area (Å²) >= 11 is 3.00. The quantitative estimate of drug-likeness (QED) is 0.389. The minimum absolute atomic E-state index is 0.0314. The molecule has 5 unspecified atom stereocenters. The number of carbonyl (C=O) groups is 1. The third-order valence-electron chi connectivity index (χ3n) is 7.99.